The standard InChI is InChI=1S/C5H6N4S.H2O/c10-5-6-1-3-4(9-5)8-2-7-3;/h2H,1H2,(H,7,8)(H2,6,9,10);1H2. The number of hydrogen-bond acceptors (Lipinski definition) is 2. The summed E-state index contributed by atoms with van der Waals surface area (Å²) in [6.45, 7) is 0.737. The van der Waals surface area contributed by atoms with Crippen LogP contribution < -0.4 is 10.6 Å². The molecular weight excluding hydrogens is 164 g/mol. The molecule has 0 bridgehead atoms. The predicted octanol–water partition coefficient (Wildman–Crippen LogP) is -0.615. The lowest BCUT2D eigenvalue weighted by atomic mass is 10.4. The molecule has 1 aliphatic heterocycles. The van der Waals surface area contributed by atoms with Gasteiger partial charge >= 0.3 is 0 Å². The molecule has 0 aromatic carbocycles. The van der Waals surface area contributed by atoms with Crippen LogP contribution in [0.5, 0.6) is 0 Å². The van der Waals surface area contributed by atoms with E-state index < -0.39 is 0 Å². The minimum absolute atomic E-state index is 0. The van der Waals surface area contributed by atoms with Gasteiger partial charge in [0.1, 0.15) is 0 Å². The number of anilines is 1. The van der Waals surface area contributed by atoms with Gasteiger partial charge in [-0.25, -0.2) is 4.98 Å². The summed E-state index contributed by atoms with van der Waals surface area (Å²) in [5, 5.41) is 6.53. The molecule has 5 N–H and O–H groups in total. The number of thiocarbonyl (C=S) groups is 1. The number of fused-ring (bicyclic) bond motifs is 1. The van der Waals surface area contributed by atoms with Crippen molar-refractivity contribution in [1.82, 2.24) is 15.3 Å². The normalized spacial score (nSPS) is 14.0. The van der Waals surface area contributed by atoms with Gasteiger partial charge in [-0.05, 0) is 12.2 Å². The SMILES string of the molecule is O.S=C1NCc2[nH]cnc2N1. The lowest BCUT2D eigenvalue weighted by Crippen LogP contribution is -2.33. The fourth-order valence-corrected chi connectivity index (χ4v) is 1.05. The molecular formula is C5H8N4OS. The molecule has 0 fully saturated rings. The minimum Gasteiger partial charge on any atom is -0.412 e. The average molecular weight is 172 g/mol. The van der Waals surface area contributed by atoms with Crippen molar-refractivity contribution in [2.75, 3.05) is 5.32 Å². The van der Waals surface area contributed by atoms with Crippen molar-refractivity contribution in [1.29, 1.82) is 0 Å². The molecule has 0 saturated carbocycles. The van der Waals surface area contributed by atoms with Gasteiger partial charge in [-0.1, -0.05) is 0 Å². The lowest BCUT2D eigenvalue weighted by Gasteiger charge is -2.14. The van der Waals surface area contributed by atoms with E-state index >= 15 is 0 Å². The van der Waals surface area contributed by atoms with Crippen LogP contribution >= 0.6 is 12.2 Å². The predicted molar refractivity (Wildman–Crippen MR) is 45.3 cm³/mol. The van der Waals surface area contributed by atoms with Crippen LogP contribution in [0.4, 0.5) is 5.82 Å². The summed E-state index contributed by atoms with van der Waals surface area (Å²) in [6, 6.07) is 0. The number of nitrogens with zero attached hydrogens (tertiary/aromatic N) is 1. The van der Waals surface area contributed by atoms with Gasteiger partial charge in [0.05, 0.1) is 18.6 Å². The van der Waals surface area contributed by atoms with E-state index in [0.717, 1.165) is 18.1 Å². The van der Waals surface area contributed by atoms with Crippen LogP contribution in [-0.2, 0) is 6.54 Å². The summed E-state index contributed by atoms with van der Waals surface area (Å²) in [6.07, 6.45) is 1.65. The van der Waals surface area contributed by atoms with Crippen LogP contribution in [0.3, 0.4) is 0 Å². The highest BCUT2D eigenvalue weighted by Crippen LogP contribution is 2.11. The molecule has 2 rings (SSSR count). The van der Waals surface area contributed by atoms with Crippen LogP contribution in [0, 0.1) is 0 Å². The van der Waals surface area contributed by atoms with Gasteiger partial charge < -0.3 is 21.1 Å². The number of imidazole rings is 1. The van der Waals surface area contributed by atoms with Gasteiger partial charge in [-0.15, -0.1) is 0 Å². The van der Waals surface area contributed by atoms with Crippen LogP contribution in [0.1, 0.15) is 5.69 Å². The van der Waals surface area contributed by atoms with Gasteiger partial charge in [0.25, 0.3) is 0 Å². The first-order valence-corrected chi connectivity index (χ1v) is 3.34. The van der Waals surface area contributed by atoms with Crippen molar-refractivity contribution in [3.05, 3.63) is 12.0 Å². The van der Waals surface area contributed by atoms with E-state index in [2.05, 4.69) is 20.6 Å². The quantitative estimate of drug-likeness (QED) is 0.455. The second-order valence-electron chi connectivity index (χ2n) is 2.04. The Hall–Kier alpha value is -1.14. The maximum absolute atomic E-state index is 4.87. The van der Waals surface area contributed by atoms with Crippen molar-refractivity contribution in [2.24, 2.45) is 0 Å². The number of aromatic nitrogens is 2. The smallest absolute Gasteiger partial charge is 0.172 e. The minimum atomic E-state index is 0. The molecule has 1 aliphatic rings. The molecule has 6 heteroatoms. The molecule has 0 aliphatic carbocycles. The summed E-state index contributed by atoms with van der Waals surface area (Å²) in [7, 11) is 0. The van der Waals surface area contributed by atoms with Crippen LogP contribution in [0.2, 0.25) is 0 Å². The van der Waals surface area contributed by atoms with E-state index in [1.165, 1.54) is 0 Å². The molecule has 0 unspecified atom stereocenters. The van der Waals surface area contributed by atoms with E-state index in [4.69, 9.17) is 12.2 Å². The Balaban J connectivity index is 0.000000605. The van der Waals surface area contributed by atoms with E-state index in [-0.39, 0.29) is 5.48 Å². The summed E-state index contributed by atoms with van der Waals surface area (Å²) >= 11 is 4.87. The highest BCUT2D eigenvalue weighted by Gasteiger charge is 2.11. The fraction of sp³-hybridized carbons (Fsp3) is 0.200. The highest BCUT2D eigenvalue weighted by molar-refractivity contribution is 7.80. The summed E-state index contributed by atoms with van der Waals surface area (Å²) in [5.74, 6) is 0.837. The maximum atomic E-state index is 4.87. The largest absolute Gasteiger partial charge is 0.412 e. The summed E-state index contributed by atoms with van der Waals surface area (Å²) < 4.78 is 0. The molecule has 0 atom stereocenters. The highest BCUT2D eigenvalue weighted by atomic mass is 32.1. The third kappa shape index (κ3) is 1.31. The first-order chi connectivity index (χ1) is 4.86. The topological polar surface area (TPSA) is 84.2 Å². The first-order valence-electron chi connectivity index (χ1n) is 2.93. The Bertz CT molecular complexity index is 271. The van der Waals surface area contributed by atoms with Crippen molar-refractivity contribution in [3.63, 3.8) is 0 Å². The number of aromatic amines is 1. The Kier molecular flexibility index (Phi) is 2.06. The van der Waals surface area contributed by atoms with Crippen molar-refractivity contribution in [2.45, 2.75) is 6.54 Å². The third-order valence-corrected chi connectivity index (χ3v) is 1.62. The monoisotopic (exact) mass is 172 g/mol. The van der Waals surface area contributed by atoms with Gasteiger partial charge in [0.2, 0.25) is 0 Å². The molecule has 0 saturated heterocycles. The summed E-state index contributed by atoms with van der Waals surface area (Å²) in [5.41, 5.74) is 1.05. The van der Waals surface area contributed by atoms with Crippen molar-refractivity contribution >= 4 is 23.1 Å². The molecule has 60 valence electrons. The Morgan fingerprint density at radius 1 is 1.55 bits per heavy atom. The van der Waals surface area contributed by atoms with Gasteiger partial charge in [0, 0.05) is 0 Å². The van der Waals surface area contributed by atoms with E-state index in [9.17, 15) is 0 Å². The summed E-state index contributed by atoms with van der Waals surface area (Å²) in [4.78, 5) is 7.00. The average Bonchev–Trinajstić information content (AvgIpc) is 2.33. The zero-order valence-electron chi connectivity index (χ0n) is 5.64. The first kappa shape index (κ1) is 7.96. The zero-order valence-corrected chi connectivity index (χ0v) is 6.46. The molecule has 0 amide bonds. The second-order valence-corrected chi connectivity index (χ2v) is 2.45. The second kappa shape index (κ2) is 2.85. The fourth-order valence-electron chi connectivity index (χ4n) is 0.884. The lowest BCUT2D eigenvalue weighted by molar-refractivity contribution is 0.824. The molecule has 2 heterocycles. The Morgan fingerprint density at radius 3 is 3.18 bits per heavy atom. The number of H-pyrrole nitrogens is 1. The maximum Gasteiger partial charge on any atom is 0.172 e. The molecule has 0 radical (unpaired) electrons. The van der Waals surface area contributed by atoms with E-state index in [0.29, 0.717) is 5.11 Å². The molecule has 11 heavy (non-hydrogen) atoms. The molecule has 1 aromatic rings. The van der Waals surface area contributed by atoms with Crippen molar-refractivity contribution in [3.8, 4) is 0 Å². The van der Waals surface area contributed by atoms with Gasteiger partial charge in [-0.2, -0.15) is 0 Å². The molecule has 5 nitrogen and oxygen atoms in total. The van der Waals surface area contributed by atoms with E-state index in [1.54, 1.807) is 6.33 Å². The zero-order chi connectivity index (χ0) is 6.97. The van der Waals surface area contributed by atoms with Gasteiger partial charge in [0.15, 0.2) is 10.9 Å². The number of hydrogen-bond donors (Lipinski definition) is 3. The molecule has 1 aromatic heterocycles. The van der Waals surface area contributed by atoms with Gasteiger partial charge in [-0.3, -0.25) is 0 Å². The number of rotatable bonds is 0. The number of nitrogens with one attached hydrogen (secondary N) is 3. The van der Waals surface area contributed by atoms with Crippen LogP contribution in [0.25, 0.3) is 0 Å². The van der Waals surface area contributed by atoms with Crippen molar-refractivity contribution < 1.29 is 5.48 Å². The Labute approximate surface area is 68.5 Å². The molecule has 0 spiro atoms. The Morgan fingerprint density at radius 2 is 2.36 bits per heavy atom. The van der Waals surface area contributed by atoms with Crippen LogP contribution in [0.15, 0.2) is 6.33 Å². The third-order valence-electron chi connectivity index (χ3n) is 1.38. The van der Waals surface area contributed by atoms with Crippen LogP contribution in [-0.4, -0.2) is 20.6 Å². The van der Waals surface area contributed by atoms with E-state index in [1.807, 2.05) is 0 Å².